The second kappa shape index (κ2) is 4.35. The summed E-state index contributed by atoms with van der Waals surface area (Å²) in [5.41, 5.74) is 8.19. The van der Waals surface area contributed by atoms with E-state index in [-0.39, 0.29) is 0 Å². The Morgan fingerprint density at radius 2 is 2.00 bits per heavy atom. The fraction of sp³-hybridized carbons (Fsp3) is 0.286. The summed E-state index contributed by atoms with van der Waals surface area (Å²) >= 11 is 0. The van der Waals surface area contributed by atoms with Crippen LogP contribution in [0.4, 0.5) is 5.69 Å². The lowest BCUT2D eigenvalue weighted by Gasteiger charge is -2.05. The van der Waals surface area contributed by atoms with Gasteiger partial charge in [0.05, 0.1) is 0 Å². The average molecular weight is 199 g/mol. The molecule has 0 saturated heterocycles. The lowest BCUT2D eigenvalue weighted by molar-refractivity contribution is 0.796. The van der Waals surface area contributed by atoms with Crippen LogP contribution in [0.25, 0.3) is 10.8 Å². The average Bonchev–Trinajstić information content (AvgIpc) is 2.26. The second-order valence-corrected chi connectivity index (χ2v) is 4.01. The molecule has 0 heterocycles. The van der Waals surface area contributed by atoms with Gasteiger partial charge in [0.2, 0.25) is 0 Å². The first-order chi connectivity index (χ1) is 7.31. The van der Waals surface area contributed by atoms with Crippen molar-refractivity contribution in [3.63, 3.8) is 0 Å². The number of fused-ring (bicyclic) bond motifs is 1. The Balaban J connectivity index is 2.39. The molecule has 1 nitrogen and oxygen atoms in total. The molecule has 0 saturated carbocycles. The van der Waals surface area contributed by atoms with Gasteiger partial charge >= 0.3 is 0 Å². The van der Waals surface area contributed by atoms with E-state index in [1.165, 1.54) is 30.2 Å². The Labute approximate surface area is 90.9 Å². The number of nitrogens with two attached hydrogens (primary N) is 1. The molecule has 15 heavy (non-hydrogen) atoms. The Bertz CT molecular complexity index is 460. The van der Waals surface area contributed by atoms with Gasteiger partial charge in [-0.1, -0.05) is 43.7 Å². The molecule has 0 atom stereocenters. The third-order valence-corrected chi connectivity index (χ3v) is 2.80. The molecule has 0 aromatic heterocycles. The SMILES string of the molecule is CCCCc1ccc2c(N)cccc2c1. The van der Waals surface area contributed by atoms with Crippen LogP contribution in [0.2, 0.25) is 0 Å². The Morgan fingerprint density at radius 1 is 1.13 bits per heavy atom. The summed E-state index contributed by atoms with van der Waals surface area (Å²) in [6.45, 7) is 2.22. The highest BCUT2D eigenvalue weighted by molar-refractivity contribution is 5.93. The van der Waals surface area contributed by atoms with Gasteiger partial charge in [-0.05, 0) is 29.9 Å². The maximum Gasteiger partial charge on any atom is 0.0393 e. The fourth-order valence-corrected chi connectivity index (χ4v) is 1.89. The molecule has 2 aromatic rings. The lowest BCUT2D eigenvalue weighted by atomic mass is 10.0. The van der Waals surface area contributed by atoms with Crippen molar-refractivity contribution in [1.82, 2.24) is 0 Å². The minimum Gasteiger partial charge on any atom is -0.398 e. The first-order valence-corrected chi connectivity index (χ1v) is 5.58. The molecule has 0 radical (unpaired) electrons. The summed E-state index contributed by atoms with van der Waals surface area (Å²) in [7, 11) is 0. The number of benzene rings is 2. The lowest BCUT2D eigenvalue weighted by Crippen LogP contribution is -1.88. The van der Waals surface area contributed by atoms with Crippen molar-refractivity contribution in [3.05, 3.63) is 42.0 Å². The smallest absolute Gasteiger partial charge is 0.0393 e. The summed E-state index contributed by atoms with van der Waals surface area (Å²) in [6, 6.07) is 12.7. The van der Waals surface area contributed by atoms with E-state index < -0.39 is 0 Å². The van der Waals surface area contributed by atoms with Gasteiger partial charge in [0, 0.05) is 11.1 Å². The summed E-state index contributed by atoms with van der Waals surface area (Å²) < 4.78 is 0. The Morgan fingerprint density at radius 3 is 2.80 bits per heavy atom. The zero-order chi connectivity index (χ0) is 10.7. The molecular formula is C14H17N. The number of rotatable bonds is 3. The monoisotopic (exact) mass is 199 g/mol. The van der Waals surface area contributed by atoms with Gasteiger partial charge in [-0.3, -0.25) is 0 Å². The standard InChI is InChI=1S/C14H17N/c1-2-3-5-11-8-9-13-12(10-11)6-4-7-14(13)15/h4,6-10H,2-3,5,15H2,1H3. The molecule has 0 bridgehead atoms. The van der Waals surface area contributed by atoms with Crippen molar-refractivity contribution >= 4 is 16.5 Å². The highest BCUT2D eigenvalue weighted by Crippen LogP contribution is 2.22. The second-order valence-electron chi connectivity index (χ2n) is 4.01. The van der Waals surface area contributed by atoms with Crippen molar-refractivity contribution in [3.8, 4) is 0 Å². The zero-order valence-electron chi connectivity index (χ0n) is 9.16. The molecular weight excluding hydrogens is 182 g/mol. The normalized spacial score (nSPS) is 10.7. The highest BCUT2D eigenvalue weighted by Gasteiger charge is 1.98. The maximum atomic E-state index is 5.91. The van der Waals surface area contributed by atoms with Crippen molar-refractivity contribution in [2.75, 3.05) is 5.73 Å². The van der Waals surface area contributed by atoms with E-state index in [2.05, 4.69) is 31.2 Å². The fourth-order valence-electron chi connectivity index (χ4n) is 1.89. The van der Waals surface area contributed by atoms with Gasteiger partial charge in [0.1, 0.15) is 0 Å². The molecule has 0 amide bonds. The van der Waals surface area contributed by atoms with Crippen LogP contribution in [-0.2, 0) is 6.42 Å². The Kier molecular flexibility index (Phi) is 2.91. The summed E-state index contributed by atoms with van der Waals surface area (Å²) in [6.07, 6.45) is 3.67. The minimum absolute atomic E-state index is 0.870. The van der Waals surface area contributed by atoms with Crippen LogP contribution in [0, 0.1) is 0 Å². The molecule has 0 unspecified atom stereocenters. The summed E-state index contributed by atoms with van der Waals surface area (Å²) in [4.78, 5) is 0. The van der Waals surface area contributed by atoms with Gasteiger partial charge in [-0.15, -0.1) is 0 Å². The molecule has 0 spiro atoms. The van der Waals surface area contributed by atoms with E-state index in [0.717, 1.165) is 11.1 Å². The molecule has 2 N–H and O–H groups in total. The largest absolute Gasteiger partial charge is 0.398 e. The number of aryl methyl sites for hydroxylation is 1. The summed E-state index contributed by atoms with van der Waals surface area (Å²) in [5.74, 6) is 0. The van der Waals surface area contributed by atoms with Gasteiger partial charge in [0.25, 0.3) is 0 Å². The van der Waals surface area contributed by atoms with Crippen LogP contribution in [0.5, 0.6) is 0 Å². The van der Waals surface area contributed by atoms with Crippen LogP contribution < -0.4 is 5.73 Å². The van der Waals surface area contributed by atoms with Crippen molar-refractivity contribution in [2.24, 2.45) is 0 Å². The topological polar surface area (TPSA) is 26.0 Å². The maximum absolute atomic E-state index is 5.91. The third-order valence-electron chi connectivity index (χ3n) is 2.80. The molecule has 0 fully saturated rings. The van der Waals surface area contributed by atoms with Crippen LogP contribution in [-0.4, -0.2) is 0 Å². The van der Waals surface area contributed by atoms with Crippen LogP contribution in [0.1, 0.15) is 25.3 Å². The van der Waals surface area contributed by atoms with E-state index in [9.17, 15) is 0 Å². The van der Waals surface area contributed by atoms with Crippen molar-refractivity contribution < 1.29 is 0 Å². The highest BCUT2D eigenvalue weighted by atomic mass is 14.5. The number of nitrogen functional groups attached to an aromatic ring is 1. The third kappa shape index (κ3) is 2.12. The Hall–Kier alpha value is -1.50. The van der Waals surface area contributed by atoms with Crippen LogP contribution >= 0.6 is 0 Å². The molecule has 0 aliphatic carbocycles. The predicted octanol–water partition coefficient (Wildman–Crippen LogP) is 3.76. The first-order valence-electron chi connectivity index (χ1n) is 5.58. The van der Waals surface area contributed by atoms with Gasteiger partial charge < -0.3 is 5.73 Å². The quantitative estimate of drug-likeness (QED) is 0.748. The molecule has 0 aliphatic rings. The molecule has 2 rings (SSSR count). The van der Waals surface area contributed by atoms with Crippen molar-refractivity contribution in [2.45, 2.75) is 26.2 Å². The minimum atomic E-state index is 0.870. The zero-order valence-corrected chi connectivity index (χ0v) is 9.16. The van der Waals surface area contributed by atoms with E-state index >= 15 is 0 Å². The van der Waals surface area contributed by atoms with E-state index in [0.29, 0.717) is 0 Å². The van der Waals surface area contributed by atoms with E-state index in [1.54, 1.807) is 0 Å². The van der Waals surface area contributed by atoms with E-state index in [1.807, 2.05) is 12.1 Å². The summed E-state index contributed by atoms with van der Waals surface area (Å²) in [5, 5.41) is 2.42. The van der Waals surface area contributed by atoms with Gasteiger partial charge in [0.15, 0.2) is 0 Å². The molecule has 1 heteroatoms. The van der Waals surface area contributed by atoms with Crippen molar-refractivity contribution in [1.29, 1.82) is 0 Å². The predicted molar refractivity (Wildman–Crippen MR) is 67.0 cm³/mol. The van der Waals surface area contributed by atoms with Gasteiger partial charge in [-0.25, -0.2) is 0 Å². The van der Waals surface area contributed by atoms with Crippen LogP contribution in [0.15, 0.2) is 36.4 Å². The molecule has 2 aromatic carbocycles. The van der Waals surface area contributed by atoms with Gasteiger partial charge in [-0.2, -0.15) is 0 Å². The molecule has 78 valence electrons. The number of hydrogen-bond acceptors (Lipinski definition) is 1. The molecule has 0 aliphatic heterocycles. The number of anilines is 1. The van der Waals surface area contributed by atoms with Crippen LogP contribution in [0.3, 0.4) is 0 Å². The number of unbranched alkanes of at least 4 members (excludes halogenated alkanes) is 1. The van der Waals surface area contributed by atoms with E-state index in [4.69, 9.17) is 5.73 Å². The number of hydrogen-bond donors (Lipinski definition) is 1. The first kappa shape index (κ1) is 10.0.